The SMILES string of the molecule is O=C(NCCO)c1cc(-c2cc(C(F)(F)F)cc3[nH]ncc23)ccn1. The number of hydrogen-bond acceptors (Lipinski definition) is 4. The monoisotopic (exact) mass is 350 g/mol. The summed E-state index contributed by atoms with van der Waals surface area (Å²) in [6, 6.07) is 4.92. The van der Waals surface area contributed by atoms with Gasteiger partial charge in [0.2, 0.25) is 0 Å². The number of H-pyrrole nitrogens is 1. The van der Waals surface area contributed by atoms with Crippen LogP contribution in [0.15, 0.2) is 36.7 Å². The lowest BCUT2D eigenvalue weighted by atomic mass is 9.99. The van der Waals surface area contributed by atoms with E-state index in [4.69, 9.17) is 5.11 Å². The van der Waals surface area contributed by atoms with Crippen LogP contribution in [0.4, 0.5) is 13.2 Å². The summed E-state index contributed by atoms with van der Waals surface area (Å²) in [4.78, 5) is 15.9. The van der Waals surface area contributed by atoms with E-state index in [0.29, 0.717) is 10.9 Å². The lowest BCUT2D eigenvalue weighted by Crippen LogP contribution is -2.27. The minimum atomic E-state index is -4.51. The van der Waals surface area contributed by atoms with Crippen molar-refractivity contribution in [2.75, 3.05) is 13.2 Å². The van der Waals surface area contributed by atoms with E-state index in [2.05, 4.69) is 20.5 Å². The quantitative estimate of drug-likeness (QED) is 0.674. The van der Waals surface area contributed by atoms with Crippen LogP contribution in [0.1, 0.15) is 16.1 Å². The maximum absolute atomic E-state index is 13.1. The fourth-order valence-electron chi connectivity index (χ4n) is 2.44. The van der Waals surface area contributed by atoms with Gasteiger partial charge in [-0.05, 0) is 35.4 Å². The third-order valence-corrected chi connectivity index (χ3v) is 3.59. The molecule has 2 heterocycles. The summed E-state index contributed by atoms with van der Waals surface area (Å²) < 4.78 is 39.4. The maximum Gasteiger partial charge on any atom is 0.416 e. The van der Waals surface area contributed by atoms with Crippen LogP contribution in [0, 0.1) is 0 Å². The van der Waals surface area contributed by atoms with Crippen LogP contribution in [-0.2, 0) is 6.18 Å². The lowest BCUT2D eigenvalue weighted by Gasteiger charge is -2.11. The first-order valence-corrected chi connectivity index (χ1v) is 7.30. The molecule has 0 spiro atoms. The molecule has 130 valence electrons. The van der Waals surface area contributed by atoms with Crippen molar-refractivity contribution >= 4 is 16.8 Å². The third kappa shape index (κ3) is 3.45. The summed E-state index contributed by atoms with van der Waals surface area (Å²) >= 11 is 0. The second-order valence-corrected chi connectivity index (χ2v) is 5.26. The highest BCUT2D eigenvalue weighted by atomic mass is 19.4. The molecule has 0 bridgehead atoms. The second kappa shape index (κ2) is 6.52. The van der Waals surface area contributed by atoms with Crippen LogP contribution in [0.5, 0.6) is 0 Å². The Balaban J connectivity index is 2.10. The predicted octanol–water partition coefficient (Wildman–Crippen LogP) is 2.37. The highest BCUT2D eigenvalue weighted by Gasteiger charge is 2.31. The van der Waals surface area contributed by atoms with Crippen molar-refractivity contribution in [2.45, 2.75) is 6.18 Å². The molecule has 6 nitrogen and oxygen atoms in total. The number of rotatable bonds is 4. The van der Waals surface area contributed by atoms with E-state index in [1.54, 1.807) is 0 Å². The normalized spacial score (nSPS) is 11.7. The first kappa shape index (κ1) is 16.9. The fraction of sp³-hybridized carbons (Fsp3) is 0.188. The number of aromatic nitrogens is 3. The molecule has 9 heteroatoms. The number of nitrogens with zero attached hydrogens (tertiary/aromatic N) is 2. The van der Waals surface area contributed by atoms with Crippen molar-refractivity contribution in [2.24, 2.45) is 0 Å². The summed E-state index contributed by atoms with van der Waals surface area (Å²) in [5, 5.41) is 18.0. The number of aliphatic hydroxyl groups excluding tert-OH is 1. The molecule has 0 aliphatic carbocycles. The Bertz CT molecular complexity index is 921. The molecule has 1 amide bonds. The first-order chi connectivity index (χ1) is 11.9. The highest BCUT2D eigenvalue weighted by molar-refractivity contribution is 5.98. The maximum atomic E-state index is 13.1. The topological polar surface area (TPSA) is 90.9 Å². The number of aromatic amines is 1. The van der Waals surface area contributed by atoms with Gasteiger partial charge in [0.05, 0.1) is 23.9 Å². The molecule has 3 N–H and O–H groups in total. The number of aliphatic hydroxyl groups is 1. The van der Waals surface area contributed by atoms with Crippen LogP contribution in [-0.4, -0.2) is 39.3 Å². The predicted molar refractivity (Wildman–Crippen MR) is 83.7 cm³/mol. The Morgan fingerprint density at radius 3 is 2.80 bits per heavy atom. The molecular formula is C16H13F3N4O2. The lowest BCUT2D eigenvalue weighted by molar-refractivity contribution is -0.137. The van der Waals surface area contributed by atoms with E-state index in [1.807, 2.05) is 0 Å². The molecule has 0 fully saturated rings. The Morgan fingerprint density at radius 2 is 2.08 bits per heavy atom. The molecule has 25 heavy (non-hydrogen) atoms. The molecule has 0 saturated carbocycles. The first-order valence-electron chi connectivity index (χ1n) is 7.30. The second-order valence-electron chi connectivity index (χ2n) is 5.26. The van der Waals surface area contributed by atoms with Gasteiger partial charge in [0.1, 0.15) is 5.69 Å². The molecule has 0 unspecified atom stereocenters. The molecule has 3 rings (SSSR count). The minimum absolute atomic E-state index is 0.0417. The van der Waals surface area contributed by atoms with Crippen LogP contribution in [0.2, 0.25) is 0 Å². The molecule has 2 aromatic heterocycles. The number of fused-ring (bicyclic) bond motifs is 1. The van der Waals surface area contributed by atoms with Crippen molar-refractivity contribution in [3.8, 4) is 11.1 Å². The van der Waals surface area contributed by atoms with E-state index in [9.17, 15) is 18.0 Å². The van der Waals surface area contributed by atoms with Gasteiger partial charge >= 0.3 is 6.18 Å². The number of nitrogens with one attached hydrogen (secondary N) is 2. The standard InChI is InChI=1S/C16H13F3N4O2/c17-16(18,19)10-6-11(12-8-22-23-13(12)7-10)9-1-2-20-14(5-9)15(25)21-3-4-24/h1-2,5-8,24H,3-4H2,(H,21,25)(H,22,23). The Hall–Kier alpha value is -2.94. The highest BCUT2D eigenvalue weighted by Crippen LogP contribution is 2.36. The molecular weight excluding hydrogens is 337 g/mol. The van der Waals surface area contributed by atoms with Crippen LogP contribution < -0.4 is 5.32 Å². The Kier molecular flexibility index (Phi) is 4.41. The van der Waals surface area contributed by atoms with E-state index in [0.717, 1.165) is 12.1 Å². The van der Waals surface area contributed by atoms with Crippen LogP contribution in [0.25, 0.3) is 22.0 Å². The molecule has 1 aromatic carbocycles. The van der Waals surface area contributed by atoms with Crippen molar-refractivity contribution in [3.05, 3.63) is 47.9 Å². The molecule has 0 atom stereocenters. The number of benzene rings is 1. The number of amides is 1. The van der Waals surface area contributed by atoms with E-state index in [-0.39, 0.29) is 29.9 Å². The third-order valence-electron chi connectivity index (χ3n) is 3.59. The van der Waals surface area contributed by atoms with Crippen LogP contribution >= 0.6 is 0 Å². The van der Waals surface area contributed by atoms with Crippen molar-refractivity contribution in [3.63, 3.8) is 0 Å². The number of carbonyl (C=O) groups excluding carboxylic acids is 1. The van der Waals surface area contributed by atoms with Crippen molar-refractivity contribution < 1.29 is 23.1 Å². The largest absolute Gasteiger partial charge is 0.416 e. The minimum Gasteiger partial charge on any atom is -0.395 e. The van der Waals surface area contributed by atoms with Gasteiger partial charge in [-0.2, -0.15) is 18.3 Å². The van der Waals surface area contributed by atoms with Crippen molar-refractivity contribution in [1.29, 1.82) is 0 Å². The molecule has 0 aliphatic heterocycles. The fourth-order valence-corrected chi connectivity index (χ4v) is 2.44. The van der Waals surface area contributed by atoms with Gasteiger partial charge in [-0.3, -0.25) is 14.9 Å². The van der Waals surface area contributed by atoms with E-state index in [1.165, 1.54) is 24.5 Å². The van der Waals surface area contributed by atoms with Gasteiger partial charge in [0, 0.05) is 18.1 Å². The summed E-state index contributed by atoms with van der Waals surface area (Å²) in [6.07, 6.45) is -1.74. The van der Waals surface area contributed by atoms with Crippen molar-refractivity contribution in [1.82, 2.24) is 20.5 Å². The molecule has 0 saturated heterocycles. The van der Waals surface area contributed by atoms with Gasteiger partial charge in [-0.15, -0.1) is 0 Å². The number of hydrogen-bond donors (Lipinski definition) is 3. The molecule has 3 aromatic rings. The van der Waals surface area contributed by atoms with E-state index < -0.39 is 17.6 Å². The zero-order chi connectivity index (χ0) is 18.0. The average Bonchev–Trinajstić information content (AvgIpc) is 3.06. The zero-order valence-corrected chi connectivity index (χ0v) is 12.8. The number of pyridine rings is 1. The molecule has 0 aliphatic rings. The molecule has 0 radical (unpaired) electrons. The van der Waals surface area contributed by atoms with Gasteiger partial charge in [0.15, 0.2) is 0 Å². The Morgan fingerprint density at radius 1 is 1.28 bits per heavy atom. The number of halogens is 3. The van der Waals surface area contributed by atoms with Crippen LogP contribution in [0.3, 0.4) is 0 Å². The summed E-state index contributed by atoms with van der Waals surface area (Å²) in [7, 11) is 0. The van der Waals surface area contributed by atoms with Gasteiger partial charge in [-0.25, -0.2) is 0 Å². The summed E-state index contributed by atoms with van der Waals surface area (Å²) in [6.45, 7) is -0.172. The number of alkyl halides is 3. The smallest absolute Gasteiger partial charge is 0.395 e. The van der Waals surface area contributed by atoms with Gasteiger partial charge in [0.25, 0.3) is 5.91 Å². The van der Waals surface area contributed by atoms with Gasteiger partial charge in [-0.1, -0.05) is 0 Å². The zero-order valence-electron chi connectivity index (χ0n) is 12.8. The summed E-state index contributed by atoms with van der Waals surface area (Å²) in [5.41, 5.74) is 0.161. The Labute approximate surface area is 139 Å². The summed E-state index contributed by atoms with van der Waals surface area (Å²) in [5.74, 6) is -0.522. The van der Waals surface area contributed by atoms with E-state index >= 15 is 0 Å². The average molecular weight is 350 g/mol. The van der Waals surface area contributed by atoms with Gasteiger partial charge < -0.3 is 10.4 Å². The number of carbonyl (C=O) groups is 1.